The second kappa shape index (κ2) is 8.67. The van der Waals surface area contributed by atoms with Crippen LogP contribution in [0.15, 0.2) is 24.3 Å². The third kappa shape index (κ3) is 5.67. The summed E-state index contributed by atoms with van der Waals surface area (Å²) in [6.07, 6.45) is 5.44. The monoisotopic (exact) mass is 317 g/mol. The molecule has 1 aliphatic rings. The van der Waals surface area contributed by atoms with Gasteiger partial charge < -0.3 is 15.5 Å². The summed E-state index contributed by atoms with van der Waals surface area (Å²) < 4.78 is 0. The van der Waals surface area contributed by atoms with Gasteiger partial charge in [0.25, 0.3) is 11.8 Å². The molecule has 1 aromatic carbocycles. The van der Waals surface area contributed by atoms with E-state index in [4.69, 9.17) is 0 Å². The van der Waals surface area contributed by atoms with Gasteiger partial charge in [-0.1, -0.05) is 12.8 Å². The number of carbonyl (C=O) groups is 2. The zero-order valence-corrected chi connectivity index (χ0v) is 14.1. The molecule has 1 aliphatic carbocycles. The van der Waals surface area contributed by atoms with E-state index in [0.29, 0.717) is 23.7 Å². The molecule has 0 heterocycles. The summed E-state index contributed by atoms with van der Waals surface area (Å²) >= 11 is 0. The van der Waals surface area contributed by atoms with Crippen molar-refractivity contribution in [1.82, 2.24) is 15.5 Å². The van der Waals surface area contributed by atoms with Gasteiger partial charge in [-0.3, -0.25) is 9.59 Å². The summed E-state index contributed by atoms with van der Waals surface area (Å²) in [5.41, 5.74) is 1.20. The quantitative estimate of drug-likeness (QED) is 0.757. The first-order valence-electron chi connectivity index (χ1n) is 8.40. The Morgan fingerprint density at radius 3 is 2.17 bits per heavy atom. The van der Waals surface area contributed by atoms with Gasteiger partial charge in [0.15, 0.2) is 0 Å². The van der Waals surface area contributed by atoms with Crippen molar-refractivity contribution in [1.29, 1.82) is 0 Å². The van der Waals surface area contributed by atoms with Crippen LogP contribution in [0.1, 0.15) is 52.8 Å². The van der Waals surface area contributed by atoms with Gasteiger partial charge in [-0.25, -0.2) is 0 Å². The number of carbonyl (C=O) groups excluding carboxylic acids is 2. The molecule has 5 heteroatoms. The smallest absolute Gasteiger partial charge is 0.251 e. The first kappa shape index (κ1) is 17.5. The minimum atomic E-state index is -0.0912. The van der Waals surface area contributed by atoms with E-state index >= 15 is 0 Å². The predicted molar refractivity (Wildman–Crippen MR) is 91.7 cm³/mol. The molecule has 0 aromatic heterocycles. The van der Waals surface area contributed by atoms with Crippen LogP contribution < -0.4 is 10.6 Å². The highest BCUT2D eigenvalue weighted by Crippen LogP contribution is 2.18. The Hall–Kier alpha value is -1.88. The van der Waals surface area contributed by atoms with Gasteiger partial charge in [0.2, 0.25) is 0 Å². The lowest BCUT2D eigenvalue weighted by Crippen LogP contribution is -2.32. The minimum Gasteiger partial charge on any atom is -0.352 e. The van der Waals surface area contributed by atoms with E-state index in [-0.39, 0.29) is 11.8 Å². The van der Waals surface area contributed by atoms with E-state index in [9.17, 15) is 9.59 Å². The summed E-state index contributed by atoms with van der Waals surface area (Å²) in [5.74, 6) is -0.138. The minimum absolute atomic E-state index is 0.0464. The number of rotatable bonds is 7. The Bertz CT molecular complexity index is 520. The lowest BCUT2D eigenvalue weighted by Gasteiger charge is -2.12. The Kier molecular flexibility index (Phi) is 6.59. The van der Waals surface area contributed by atoms with Crippen molar-refractivity contribution in [3.05, 3.63) is 35.4 Å². The zero-order valence-electron chi connectivity index (χ0n) is 14.1. The van der Waals surface area contributed by atoms with Gasteiger partial charge in [-0.15, -0.1) is 0 Å². The third-order valence-corrected chi connectivity index (χ3v) is 4.17. The van der Waals surface area contributed by atoms with Crippen LogP contribution in [-0.2, 0) is 0 Å². The maximum Gasteiger partial charge on any atom is 0.251 e. The van der Waals surface area contributed by atoms with Crippen molar-refractivity contribution >= 4 is 11.8 Å². The average Bonchev–Trinajstić information content (AvgIpc) is 3.04. The lowest BCUT2D eigenvalue weighted by atomic mass is 10.1. The fourth-order valence-electron chi connectivity index (χ4n) is 2.81. The highest BCUT2D eigenvalue weighted by Gasteiger charge is 2.18. The SMILES string of the molecule is CN(C)CCCNC(=O)c1ccc(C(=O)NC2CCCC2)cc1. The largest absolute Gasteiger partial charge is 0.352 e. The molecule has 1 saturated carbocycles. The second-order valence-corrected chi connectivity index (χ2v) is 6.44. The average molecular weight is 317 g/mol. The highest BCUT2D eigenvalue weighted by atomic mass is 16.2. The van der Waals surface area contributed by atoms with Gasteiger partial charge >= 0.3 is 0 Å². The first-order valence-corrected chi connectivity index (χ1v) is 8.40. The molecule has 1 aromatic rings. The zero-order chi connectivity index (χ0) is 16.7. The summed E-state index contributed by atoms with van der Waals surface area (Å²) in [6.45, 7) is 1.60. The van der Waals surface area contributed by atoms with Gasteiger partial charge in [0.1, 0.15) is 0 Å². The number of hydrogen-bond donors (Lipinski definition) is 2. The lowest BCUT2D eigenvalue weighted by molar-refractivity contribution is 0.0931. The van der Waals surface area contributed by atoms with Gasteiger partial charge in [-0.05, 0) is 64.2 Å². The second-order valence-electron chi connectivity index (χ2n) is 6.44. The molecule has 2 N–H and O–H groups in total. The van der Waals surface area contributed by atoms with Crippen LogP contribution in [0.4, 0.5) is 0 Å². The van der Waals surface area contributed by atoms with Crippen LogP contribution >= 0.6 is 0 Å². The van der Waals surface area contributed by atoms with E-state index in [2.05, 4.69) is 15.5 Å². The predicted octanol–water partition coefficient (Wildman–Crippen LogP) is 2.04. The Morgan fingerprint density at radius 2 is 1.61 bits per heavy atom. The van der Waals surface area contributed by atoms with Crippen LogP contribution in [0.25, 0.3) is 0 Å². The molecule has 5 nitrogen and oxygen atoms in total. The molecule has 0 aliphatic heterocycles. The van der Waals surface area contributed by atoms with Gasteiger partial charge in [0.05, 0.1) is 0 Å². The molecule has 23 heavy (non-hydrogen) atoms. The van der Waals surface area contributed by atoms with Crippen molar-refractivity contribution in [2.24, 2.45) is 0 Å². The maximum atomic E-state index is 12.1. The van der Waals surface area contributed by atoms with Crippen molar-refractivity contribution in [2.75, 3.05) is 27.2 Å². The van der Waals surface area contributed by atoms with E-state index in [1.165, 1.54) is 12.8 Å². The molecule has 126 valence electrons. The van der Waals surface area contributed by atoms with Crippen LogP contribution in [0.5, 0.6) is 0 Å². The summed E-state index contributed by atoms with van der Waals surface area (Å²) in [4.78, 5) is 26.3. The fraction of sp³-hybridized carbons (Fsp3) is 0.556. The van der Waals surface area contributed by atoms with Crippen LogP contribution in [-0.4, -0.2) is 49.9 Å². The molecule has 0 spiro atoms. The molecule has 0 radical (unpaired) electrons. The Morgan fingerprint density at radius 1 is 1.04 bits per heavy atom. The molecule has 2 rings (SSSR count). The van der Waals surface area contributed by atoms with Gasteiger partial charge in [0, 0.05) is 23.7 Å². The number of hydrogen-bond acceptors (Lipinski definition) is 3. The van der Waals surface area contributed by atoms with Crippen molar-refractivity contribution in [3.8, 4) is 0 Å². The Balaban J connectivity index is 1.80. The number of benzene rings is 1. The maximum absolute atomic E-state index is 12.1. The molecular weight excluding hydrogens is 290 g/mol. The highest BCUT2D eigenvalue weighted by molar-refractivity contribution is 5.97. The molecule has 0 bridgehead atoms. The molecule has 0 saturated heterocycles. The summed E-state index contributed by atoms with van der Waals surface area (Å²) in [7, 11) is 4.02. The first-order chi connectivity index (χ1) is 11.1. The fourth-order valence-corrected chi connectivity index (χ4v) is 2.81. The molecule has 1 fully saturated rings. The van der Waals surface area contributed by atoms with E-state index in [1.54, 1.807) is 24.3 Å². The molecular formula is C18H27N3O2. The number of nitrogens with zero attached hydrogens (tertiary/aromatic N) is 1. The standard InChI is InChI=1S/C18H27N3O2/c1-21(2)13-5-12-19-17(22)14-8-10-15(11-9-14)18(23)20-16-6-3-4-7-16/h8-11,16H,3-7,12-13H2,1-2H3,(H,19,22)(H,20,23). The number of amides is 2. The summed E-state index contributed by atoms with van der Waals surface area (Å²) in [5, 5.41) is 5.95. The van der Waals surface area contributed by atoms with Gasteiger partial charge in [-0.2, -0.15) is 0 Å². The van der Waals surface area contributed by atoms with Crippen LogP contribution in [0.3, 0.4) is 0 Å². The Labute approximate surface area is 138 Å². The van der Waals surface area contributed by atoms with Crippen LogP contribution in [0, 0.1) is 0 Å². The molecule has 2 amide bonds. The summed E-state index contributed by atoms with van der Waals surface area (Å²) in [6, 6.07) is 7.18. The third-order valence-electron chi connectivity index (χ3n) is 4.17. The van der Waals surface area contributed by atoms with Crippen molar-refractivity contribution in [2.45, 2.75) is 38.1 Å². The van der Waals surface area contributed by atoms with Crippen molar-refractivity contribution in [3.63, 3.8) is 0 Å². The van der Waals surface area contributed by atoms with E-state index in [0.717, 1.165) is 25.8 Å². The van der Waals surface area contributed by atoms with Crippen molar-refractivity contribution < 1.29 is 9.59 Å². The van der Waals surface area contributed by atoms with E-state index in [1.807, 2.05) is 14.1 Å². The molecule has 0 unspecified atom stereocenters. The van der Waals surface area contributed by atoms with E-state index < -0.39 is 0 Å². The molecule has 0 atom stereocenters. The topological polar surface area (TPSA) is 61.4 Å². The van der Waals surface area contributed by atoms with Crippen LogP contribution in [0.2, 0.25) is 0 Å². The number of nitrogens with one attached hydrogen (secondary N) is 2. The normalized spacial score (nSPS) is 14.9.